The molecule has 1 rings (SSSR count). The average Bonchev–Trinajstić information content (AvgIpc) is 2.36. The van der Waals surface area contributed by atoms with Gasteiger partial charge in [-0.05, 0) is 18.0 Å². The van der Waals surface area contributed by atoms with Crippen LogP contribution in [0.1, 0.15) is 23.8 Å². The Morgan fingerprint density at radius 2 is 2.55 bits per heavy atom. The molecule has 0 saturated heterocycles. The lowest BCUT2D eigenvalue weighted by Gasteiger charge is -2.00. The number of aryl methyl sites for hydroxylation is 1. The van der Waals surface area contributed by atoms with Gasteiger partial charge < -0.3 is 4.57 Å². The van der Waals surface area contributed by atoms with Crippen LogP contribution in [0.3, 0.4) is 0 Å². The summed E-state index contributed by atoms with van der Waals surface area (Å²) in [7, 11) is 0. The first-order valence-corrected chi connectivity index (χ1v) is 3.83. The third kappa shape index (κ3) is 1.80. The molecule has 0 saturated carbocycles. The number of rotatable bonds is 3. The van der Waals surface area contributed by atoms with Crippen molar-refractivity contribution in [2.75, 3.05) is 0 Å². The molecule has 0 aromatic carbocycles. The highest BCUT2D eigenvalue weighted by atomic mass is 35.5. The van der Waals surface area contributed by atoms with Crippen molar-refractivity contribution >= 4 is 16.8 Å². The summed E-state index contributed by atoms with van der Waals surface area (Å²) >= 11 is 5.29. The Balaban J connectivity index is 2.87. The van der Waals surface area contributed by atoms with Gasteiger partial charge in [0.2, 0.25) is 0 Å². The fourth-order valence-electron chi connectivity index (χ4n) is 0.904. The minimum absolute atomic E-state index is 0.448. The summed E-state index contributed by atoms with van der Waals surface area (Å²) in [6, 6.07) is 0. The second-order valence-corrected chi connectivity index (χ2v) is 2.59. The van der Waals surface area contributed by atoms with E-state index in [9.17, 15) is 4.79 Å². The largest absolute Gasteiger partial charge is 0.327 e. The molecule has 1 aromatic rings. The van der Waals surface area contributed by atoms with E-state index in [4.69, 9.17) is 11.6 Å². The van der Waals surface area contributed by atoms with Gasteiger partial charge in [0.1, 0.15) is 5.69 Å². The summed E-state index contributed by atoms with van der Waals surface area (Å²) in [6.45, 7) is 2.82. The highest BCUT2D eigenvalue weighted by molar-refractivity contribution is 6.67. The van der Waals surface area contributed by atoms with Gasteiger partial charge in [0.05, 0.1) is 12.5 Å². The zero-order chi connectivity index (χ0) is 8.27. The topological polar surface area (TPSA) is 34.9 Å². The van der Waals surface area contributed by atoms with Crippen LogP contribution in [0.4, 0.5) is 0 Å². The highest BCUT2D eigenvalue weighted by Crippen LogP contribution is 2.03. The first kappa shape index (κ1) is 8.27. The Kier molecular flexibility index (Phi) is 2.65. The smallest absolute Gasteiger partial charge is 0.270 e. The molecule has 0 bridgehead atoms. The average molecular weight is 173 g/mol. The number of hydrogen-bond acceptors (Lipinski definition) is 2. The Morgan fingerprint density at radius 1 is 1.82 bits per heavy atom. The molecule has 0 radical (unpaired) electrons. The normalized spacial score (nSPS) is 10.0. The number of hydrogen-bond donors (Lipinski definition) is 0. The van der Waals surface area contributed by atoms with Crippen molar-refractivity contribution < 1.29 is 4.79 Å². The van der Waals surface area contributed by atoms with E-state index in [1.54, 1.807) is 10.9 Å². The number of halogens is 1. The number of aromatic nitrogens is 2. The van der Waals surface area contributed by atoms with E-state index in [0.29, 0.717) is 5.69 Å². The van der Waals surface area contributed by atoms with Crippen LogP contribution in [0.15, 0.2) is 12.5 Å². The highest BCUT2D eigenvalue weighted by Gasteiger charge is 2.06. The van der Waals surface area contributed by atoms with E-state index in [2.05, 4.69) is 4.98 Å². The van der Waals surface area contributed by atoms with Gasteiger partial charge in [-0.3, -0.25) is 4.79 Å². The predicted molar refractivity (Wildman–Crippen MR) is 42.7 cm³/mol. The van der Waals surface area contributed by atoms with Gasteiger partial charge in [-0.2, -0.15) is 0 Å². The Labute approximate surface area is 70.0 Å². The molecule has 0 N–H and O–H groups in total. The van der Waals surface area contributed by atoms with Gasteiger partial charge in [-0.1, -0.05) is 6.92 Å². The maximum atomic E-state index is 10.7. The van der Waals surface area contributed by atoms with Gasteiger partial charge in [0.25, 0.3) is 5.24 Å². The minimum Gasteiger partial charge on any atom is -0.327 e. The third-order valence-electron chi connectivity index (χ3n) is 1.38. The number of imidazole rings is 1. The molecule has 0 spiro atoms. The van der Waals surface area contributed by atoms with Crippen LogP contribution in [-0.4, -0.2) is 14.8 Å². The fraction of sp³-hybridized carbons (Fsp3) is 0.429. The summed E-state index contributed by atoms with van der Waals surface area (Å²) in [5.74, 6) is 0. The summed E-state index contributed by atoms with van der Waals surface area (Å²) in [6.07, 6.45) is 4.05. The number of carbonyl (C=O) groups excluding carboxylic acids is 1. The zero-order valence-electron chi connectivity index (χ0n) is 6.25. The second-order valence-electron chi connectivity index (χ2n) is 2.25. The van der Waals surface area contributed by atoms with E-state index in [-0.39, 0.29) is 0 Å². The zero-order valence-corrected chi connectivity index (χ0v) is 7.01. The number of carbonyl (C=O) groups is 1. The lowest BCUT2D eigenvalue weighted by Crippen LogP contribution is -2.03. The molecule has 1 aromatic heterocycles. The minimum atomic E-state index is -0.448. The standard InChI is InChI=1S/C7H9ClN2O/c1-2-3-10-5-9-4-6(10)7(8)11/h4-5H,2-3H2,1H3. The molecule has 3 nitrogen and oxygen atoms in total. The van der Waals surface area contributed by atoms with Crippen molar-refractivity contribution in [2.24, 2.45) is 0 Å². The summed E-state index contributed by atoms with van der Waals surface area (Å²) in [5, 5.41) is -0.448. The summed E-state index contributed by atoms with van der Waals surface area (Å²) in [5.41, 5.74) is 0.466. The molecule has 0 fully saturated rings. The van der Waals surface area contributed by atoms with Crippen LogP contribution in [0.2, 0.25) is 0 Å². The monoisotopic (exact) mass is 172 g/mol. The molecule has 60 valence electrons. The quantitative estimate of drug-likeness (QED) is 0.651. The lowest BCUT2D eigenvalue weighted by atomic mass is 10.4. The van der Waals surface area contributed by atoms with Crippen molar-refractivity contribution in [2.45, 2.75) is 19.9 Å². The van der Waals surface area contributed by atoms with Gasteiger partial charge in [-0.25, -0.2) is 4.98 Å². The molecule has 0 unspecified atom stereocenters. The number of nitrogens with zero attached hydrogens (tertiary/aromatic N) is 2. The fourth-order valence-corrected chi connectivity index (χ4v) is 1.06. The van der Waals surface area contributed by atoms with Gasteiger partial charge in [0.15, 0.2) is 0 Å². The Morgan fingerprint density at radius 3 is 3.09 bits per heavy atom. The van der Waals surface area contributed by atoms with E-state index in [0.717, 1.165) is 13.0 Å². The van der Waals surface area contributed by atoms with Crippen molar-refractivity contribution in [3.05, 3.63) is 18.2 Å². The molecule has 11 heavy (non-hydrogen) atoms. The predicted octanol–water partition coefficient (Wildman–Crippen LogP) is 1.67. The molecule has 1 heterocycles. The lowest BCUT2D eigenvalue weighted by molar-refractivity contribution is 0.107. The van der Waals surface area contributed by atoms with E-state index in [1.807, 2.05) is 6.92 Å². The maximum Gasteiger partial charge on any atom is 0.270 e. The van der Waals surface area contributed by atoms with Crippen LogP contribution in [0, 0.1) is 0 Å². The van der Waals surface area contributed by atoms with Crippen LogP contribution in [0.25, 0.3) is 0 Å². The third-order valence-corrected chi connectivity index (χ3v) is 1.57. The van der Waals surface area contributed by atoms with Crippen molar-refractivity contribution in [1.82, 2.24) is 9.55 Å². The summed E-state index contributed by atoms with van der Waals surface area (Å²) < 4.78 is 1.75. The van der Waals surface area contributed by atoms with Gasteiger partial charge >= 0.3 is 0 Å². The Bertz CT molecular complexity index is 257. The van der Waals surface area contributed by atoms with E-state index in [1.165, 1.54) is 6.20 Å². The van der Waals surface area contributed by atoms with Crippen LogP contribution in [0.5, 0.6) is 0 Å². The molecule has 0 aliphatic heterocycles. The van der Waals surface area contributed by atoms with E-state index >= 15 is 0 Å². The van der Waals surface area contributed by atoms with Crippen LogP contribution in [-0.2, 0) is 6.54 Å². The molecule has 0 amide bonds. The molecule has 4 heteroatoms. The molecule has 0 aliphatic carbocycles. The molecule has 0 atom stereocenters. The van der Waals surface area contributed by atoms with Gasteiger partial charge in [-0.15, -0.1) is 0 Å². The maximum absolute atomic E-state index is 10.7. The molecular formula is C7H9ClN2O. The van der Waals surface area contributed by atoms with Crippen molar-refractivity contribution in [3.63, 3.8) is 0 Å². The molecular weight excluding hydrogens is 164 g/mol. The van der Waals surface area contributed by atoms with Crippen LogP contribution >= 0.6 is 11.6 Å². The van der Waals surface area contributed by atoms with Crippen LogP contribution < -0.4 is 0 Å². The van der Waals surface area contributed by atoms with E-state index < -0.39 is 5.24 Å². The Hall–Kier alpha value is -0.830. The van der Waals surface area contributed by atoms with Gasteiger partial charge in [0, 0.05) is 6.54 Å². The first-order valence-electron chi connectivity index (χ1n) is 3.45. The second kappa shape index (κ2) is 3.53. The summed E-state index contributed by atoms with van der Waals surface area (Å²) in [4.78, 5) is 14.5. The van der Waals surface area contributed by atoms with Crippen molar-refractivity contribution in [3.8, 4) is 0 Å². The molecule has 0 aliphatic rings. The first-order chi connectivity index (χ1) is 5.25. The SMILES string of the molecule is CCCn1cncc1C(=O)Cl. The van der Waals surface area contributed by atoms with Crippen molar-refractivity contribution in [1.29, 1.82) is 0 Å².